The van der Waals surface area contributed by atoms with E-state index in [1.807, 2.05) is 0 Å². The number of carbonyl (C=O) groups excluding carboxylic acids is 1. The van der Waals surface area contributed by atoms with Crippen molar-refractivity contribution in [2.24, 2.45) is 0 Å². The van der Waals surface area contributed by atoms with Crippen molar-refractivity contribution in [1.82, 2.24) is 10.2 Å². The number of ether oxygens (including phenoxy) is 1. The highest BCUT2D eigenvalue weighted by Gasteiger charge is 2.42. The molecule has 0 spiro atoms. The Kier molecular flexibility index (Phi) is 5.66. The van der Waals surface area contributed by atoms with E-state index in [1.54, 1.807) is 0 Å². The third kappa shape index (κ3) is 5.13. The van der Waals surface area contributed by atoms with Crippen LogP contribution in [0.3, 0.4) is 0 Å². The van der Waals surface area contributed by atoms with Crippen molar-refractivity contribution in [2.75, 3.05) is 31.2 Å². The summed E-state index contributed by atoms with van der Waals surface area (Å²) in [4.78, 5) is 14.2. The first-order chi connectivity index (χ1) is 12.6. The van der Waals surface area contributed by atoms with Crippen LogP contribution in [0.4, 0.5) is 13.2 Å². The van der Waals surface area contributed by atoms with Gasteiger partial charge < -0.3 is 10.1 Å². The van der Waals surface area contributed by atoms with Crippen LogP contribution in [0.5, 0.6) is 5.75 Å². The van der Waals surface area contributed by atoms with E-state index in [9.17, 15) is 26.4 Å². The first-order valence-electron chi connectivity index (χ1n) is 8.68. The maximum Gasteiger partial charge on any atom is 0.416 e. The maximum atomic E-state index is 12.5. The molecule has 27 heavy (non-hydrogen) atoms. The van der Waals surface area contributed by atoms with Crippen LogP contribution in [-0.2, 0) is 20.8 Å². The lowest BCUT2D eigenvalue weighted by atomic mass is 10.1. The molecule has 2 aliphatic rings. The molecule has 2 aliphatic heterocycles. The van der Waals surface area contributed by atoms with Gasteiger partial charge >= 0.3 is 6.18 Å². The number of benzene rings is 1. The number of hydrogen-bond donors (Lipinski definition) is 1. The standard InChI is InChI=1S/C17H21F3N2O4S/c18-17(19,20)12-3-5-13(6-4-12)26-9-16(23)21-14-10-27(24,25)11-15(14)22-7-1-2-8-22/h3-6,14-15H,1-2,7-11H2,(H,21,23). The average Bonchev–Trinajstić information content (AvgIpc) is 3.20. The van der Waals surface area contributed by atoms with Gasteiger partial charge in [-0.2, -0.15) is 13.2 Å². The second-order valence-electron chi connectivity index (χ2n) is 6.87. The summed E-state index contributed by atoms with van der Waals surface area (Å²) in [6, 6.07) is 3.29. The molecule has 1 aromatic rings. The summed E-state index contributed by atoms with van der Waals surface area (Å²) in [6.45, 7) is 1.23. The molecule has 1 aromatic carbocycles. The lowest BCUT2D eigenvalue weighted by molar-refractivity contribution is -0.137. The van der Waals surface area contributed by atoms with Gasteiger partial charge in [-0.1, -0.05) is 0 Å². The molecule has 2 unspecified atom stereocenters. The number of sulfone groups is 1. The summed E-state index contributed by atoms with van der Waals surface area (Å²) < 4.78 is 66.8. The molecule has 0 radical (unpaired) electrons. The van der Waals surface area contributed by atoms with E-state index in [0.29, 0.717) is 0 Å². The quantitative estimate of drug-likeness (QED) is 0.802. The predicted molar refractivity (Wildman–Crippen MR) is 92.1 cm³/mol. The zero-order valence-electron chi connectivity index (χ0n) is 14.5. The summed E-state index contributed by atoms with van der Waals surface area (Å²) in [6.07, 6.45) is -2.42. The van der Waals surface area contributed by atoms with Gasteiger partial charge in [-0.15, -0.1) is 0 Å². The number of nitrogens with one attached hydrogen (secondary N) is 1. The second-order valence-corrected chi connectivity index (χ2v) is 9.03. The van der Waals surface area contributed by atoms with Gasteiger partial charge in [-0.3, -0.25) is 9.69 Å². The zero-order valence-corrected chi connectivity index (χ0v) is 15.4. The first kappa shape index (κ1) is 19.9. The number of halogens is 3. The lowest BCUT2D eigenvalue weighted by Crippen LogP contribution is -2.51. The lowest BCUT2D eigenvalue weighted by Gasteiger charge is -2.28. The fraction of sp³-hybridized carbons (Fsp3) is 0.588. The topological polar surface area (TPSA) is 75.7 Å². The van der Waals surface area contributed by atoms with E-state index in [0.717, 1.165) is 50.2 Å². The van der Waals surface area contributed by atoms with Crippen LogP contribution in [0.15, 0.2) is 24.3 Å². The zero-order chi connectivity index (χ0) is 19.7. The molecule has 6 nitrogen and oxygen atoms in total. The molecule has 2 atom stereocenters. The Balaban J connectivity index is 1.55. The van der Waals surface area contributed by atoms with E-state index < -0.39 is 40.1 Å². The highest BCUT2D eigenvalue weighted by atomic mass is 32.2. The van der Waals surface area contributed by atoms with Gasteiger partial charge in [0.05, 0.1) is 23.1 Å². The summed E-state index contributed by atoms with van der Waals surface area (Å²) in [5.41, 5.74) is -0.802. The monoisotopic (exact) mass is 406 g/mol. The van der Waals surface area contributed by atoms with Gasteiger partial charge in [0.2, 0.25) is 0 Å². The third-order valence-electron chi connectivity index (χ3n) is 4.83. The highest BCUT2D eigenvalue weighted by molar-refractivity contribution is 7.91. The van der Waals surface area contributed by atoms with Crippen LogP contribution >= 0.6 is 0 Å². The van der Waals surface area contributed by atoms with Crippen molar-refractivity contribution in [3.05, 3.63) is 29.8 Å². The number of rotatable bonds is 5. The minimum absolute atomic E-state index is 0.0255. The Morgan fingerprint density at radius 2 is 1.78 bits per heavy atom. The van der Waals surface area contributed by atoms with E-state index in [1.165, 1.54) is 0 Å². The maximum absolute atomic E-state index is 12.5. The molecule has 0 saturated carbocycles. The molecule has 0 aliphatic carbocycles. The van der Waals surface area contributed by atoms with Crippen LogP contribution in [0.25, 0.3) is 0 Å². The molecule has 10 heteroatoms. The molecular weight excluding hydrogens is 385 g/mol. The van der Waals surface area contributed by atoms with Crippen LogP contribution in [0.1, 0.15) is 18.4 Å². The van der Waals surface area contributed by atoms with Crippen LogP contribution in [0, 0.1) is 0 Å². The Labute approximate surface area is 155 Å². The minimum atomic E-state index is -4.44. The van der Waals surface area contributed by atoms with Gasteiger partial charge in [0, 0.05) is 6.04 Å². The third-order valence-corrected chi connectivity index (χ3v) is 6.55. The fourth-order valence-electron chi connectivity index (χ4n) is 3.54. The molecule has 150 valence electrons. The van der Waals surface area contributed by atoms with E-state index in [2.05, 4.69) is 10.2 Å². The largest absolute Gasteiger partial charge is 0.484 e. The molecule has 0 bridgehead atoms. The summed E-state index contributed by atoms with van der Waals surface area (Å²) in [7, 11) is -3.22. The second kappa shape index (κ2) is 7.67. The molecule has 1 amide bonds. The Hall–Kier alpha value is -1.81. The first-order valence-corrected chi connectivity index (χ1v) is 10.5. The van der Waals surface area contributed by atoms with Crippen molar-refractivity contribution in [3.63, 3.8) is 0 Å². The van der Waals surface area contributed by atoms with Gasteiger partial charge in [-0.25, -0.2) is 8.42 Å². The molecule has 2 fully saturated rings. The van der Waals surface area contributed by atoms with Gasteiger partial charge in [0.1, 0.15) is 5.75 Å². The Morgan fingerprint density at radius 1 is 1.15 bits per heavy atom. The summed E-state index contributed by atoms with van der Waals surface area (Å²) >= 11 is 0. The number of alkyl halides is 3. The van der Waals surface area contributed by atoms with Crippen LogP contribution < -0.4 is 10.1 Å². The van der Waals surface area contributed by atoms with Crippen molar-refractivity contribution in [1.29, 1.82) is 0 Å². The summed E-state index contributed by atoms with van der Waals surface area (Å²) in [5.74, 6) is -0.452. The van der Waals surface area contributed by atoms with Gasteiger partial charge in [0.15, 0.2) is 16.4 Å². The predicted octanol–water partition coefficient (Wildman–Crippen LogP) is 1.46. The van der Waals surface area contributed by atoms with E-state index in [-0.39, 0.29) is 23.3 Å². The van der Waals surface area contributed by atoms with Crippen LogP contribution in [0.2, 0.25) is 0 Å². The Morgan fingerprint density at radius 3 is 2.37 bits per heavy atom. The minimum Gasteiger partial charge on any atom is -0.484 e. The smallest absolute Gasteiger partial charge is 0.416 e. The average molecular weight is 406 g/mol. The molecule has 2 saturated heterocycles. The van der Waals surface area contributed by atoms with Gasteiger partial charge in [0.25, 0.3) is 5.91 Å². The van der Waals surface area contributed by atoms with Crippen LogP contribution in [-0.4, -0.2) is 62.5 Å². The number of amides is 1. The van der Waals surface area contributed by atoms with E-state index >= 15 is 0 Å². The number of likely N-dealkylation sites (tertiary alicyclic amines) is 1. The van der Waals surface area contributed by atoms with Crippen molar-refractivity contribution < 1.29 is 31.1 Å². The van der Waals surface area contributed by atoms with Crippen molar-refractivity contribution in [3.8, 4) is 5.75 Å². The number of carbonyl (C=O) groups is 1. The van der Waals surface area contributed by atoms with Crippen molar-refractivity contribution >= 4 is 15.7 Å². The molecule has 3 rings (SSSR count). The van der Waals surface area contributed by atoms with Crippen molar-refractivity contribution in [2.45, 2.75) is 31.1 Å². The fourth-order valence-corrected chi connectivity index (χ4v) is 5.49. The molecule has 0 aromatic heterocycles. The number of nitrogens with zero attached hydrogens (tertiary/aromatic N) is 1. The van der Waals surface area contributed by atoms with E-state index in [4.69, 9.17) is 4.74 Å². The highest BCUT2D eigenvalue weighted by Crippen LogP contribution is 2.30. The Bertz CT molecular complexity index is 774. The SMILES string of the molecule is O=C(COc1ccc(C(F)(F)F)cc1)NC1CS(=O)(=O)CC1N1CCCC1. The molecule has 1 N–H and O–H groups in total. The number of hydrogen-bond acceptors (Lipinski definition) is 5. The van der Waals surface area contributed by atoms with Gasteiger partial charge in [-0.05, 0) is 50.2 Å². The molecule has 2 heterocycles. The summed E-state index contributed by atoms with van der Waals surface area (Å²) in [5, 5.41) is 2.70. The normalized spacial score (nSPS) is 25.4. The molecular formula is C17H21F3N2O4S.